The quantitative estimate of drug-likeness (QED) is 0.503. The van der Waals surface area contributed by atoms with Gasteiger partial charge in [-0.1, -0.05) is 12.1 Å². The van der Waals surface area contributed by atoms with Crippen molar-refractivity contribution in [2.45, 2.75) is 20.4 Å². The molecule has 0 aromatic heterocycles. The Bertz CT molecular complexity index is 567. The Morgan fingerprint density at radius 2 is 1.62 bits per heavy atom. The van der Waals surface area contributed by atoms with E-state index in [9.17, 15) is 9.59 Å². The van der Waals surface area contributed by atoms with Crippen molar-refractivity contribution >= 4 is 17.8 Å². The summed E-state index contributed by atoms with van der Waals surface area (Å²) in [6.45, 7) is 5.81. The second kappa shape index (κ2) is 10.3. The van der Waals surface area contributed by atoms with Crippen molar-refractivity contribution in [3.8, 4) is 0 Å². The first-order valence-corrected chi connectivity index (χ1v) is 8.07. The van der Waals surface area contributed by atoms with Crippen molar-refractivity contribution < 1.29 is 9.59 Å². The van der Waals surface area contributed by atoms with Gasteiger partial charge in [0.25, 0.3) is 5.91 Å². The average Bonchev–Trinajstić information content (AvgIpc) is 2.57. The van der Waals surface area contributed by atoms with Crippen molar-refractivity contribution in [3.05, 3.63) is 35.4 Å². The minimum Gasteiger partial charge on any atom is -0.357 e. The van der Waals surface area contributed by atoms with Gasteiger partial charge in [-0.25, -0.2) is 4.99 Å². The summed E-state index contributed by atoms with van der Waals surface area (Å²) in [6.07, 6.45) is 0. The van der Waals surface area contributed by atoms with Crippen LogP contribution >= 0.6 is 0 Å². The fraction of sp³-hybridized carbons (Fsp3) is 0.471. The Balaban J connectivity index is 2.65. The van der Waals surface area contributed by atoms with Crippen molar-refractivity contribution in [2.24, 2.45) is 4.99 Å². The zero-order chi connectivity index (χ0) is 17.9. The van der Waals surface area contributed by atoms with E-state index in [2.05, 4.69) is 20.9 Å². The number of benzene rings is 1. The largest absolute Gasteiger partial charge is 0.357 e. The fourth-order valence-electron chi connectivity index (χ4n) is 1.85. The molecule has 0 unspecified atom stereocenters. The molecule has 0 radical (unpaired) electrons. The molecule has 7 nitrogen and oxygen atoms in total. The maximum atomic E-state index is 11.7. The summed E-state index contributed by atoms with van der Waals surface area (Å²) in [6, 6.07) is 7.32. The molecule has 0 aliphatic heterocycles. The number of carbonyl (C=O) groups is 2. The molecule has 0 aliphatic rings. The Morgan fingerprint density at radius 1 is 1.00 bits per heavy atom. The molecule has 1 aromatic rings. The van der Waals surface area contributed by atoms with Gasteiger partial charge in [-0.15, -0.1) is 0 Å². The number of amides is 2. The highest BCUT2D eigenvalue weighted by Crippen LogP contribution is 2.05. The van der Waals surface area contributed by atoms with E-state index in [0.717, 1.165) is 5.56 Å². The monoisotopic (exact) mass is 333 g/mol. The molecule has 0 saturated heterocycles. The summed E-state index contributed by atoms with van der Waals surface area (Å²) in [5.74, 6) is 0.483. The molecule has 0 bridgehead atoms. The summed E-state index contributed by atoms with van der Waals surface area (Å²) < 4.78 is 0. The Morgan fingerprint density at radius 3 is 2.17 bits per heavy atom. The first kappa shape index (κ1) is 19.5. The van der Waals surface area contributed by atoms with E-state index in [4.69, 9.17) is 0 Å². The van der Waals surface area contributed by atoms with E-state index in [1.807, 2.05) is 26.0 Å². The molecule has 1 aromatic carbocycles. The van der Waals surface area contributed by atoms with Gasteiger partial charge in [-0.3, -0.25) is 9.59 Å². The van der Waals surface area contributed by atoms with Crippen LogP contribution in [0.2, 0.25) is 0 Å². The van der Waals surface area contributed by atoms with Crippen LogP contribution in [0.15, 0.2) is 29.3 Å². The van der Waals surface area contributed by atoms with E-state index in [1.54, 1.807) is 26.2 Å². The lowest BCUT2D eigenvalue weighted by Gasteiger charge is -2.14. The number of aliphatic imine (C=N–C) groups is 1. The predicted molar refractivity (Wildman–Crippen MR) is 96.0 cm³/mol. The number of nitrogens with zero attached hydrogens (tertiary/aromatic N) is 2. The first-order valence-electron chi connectivity index (χ1n) is 8.07. The maximum absolute atomic E-state index is 11.7. The minimum absolute atomic E-state index is 0.0214. The Labute approximate surface area is 143 Å². The topological polar surface area (TPSA) is 85.8 Å². The second-order valence-electron chi connectivity index (χ2n) is 5.39. The van der Waals surface area contributed by atoms with Crippen LogP contribution in [0, 0.1) is 0 Å². The highest BCUT2D eigenvalue weighted by atomic mass is 16.2. The molecule has 0 atom stereocenters. The summed E-state index contributed by atoms with van der Waals surface area (Å²) in [7, 11) is 3.43. The third-order valence-electron chi connectivity index (χ3n) is 3.22. The van der Waals surface area contributed by atoms with E-state index in [0.29, 0.717) is 31.2 Å². The first-order chi connectivity index (χ1) is 11.5. The van der Waals surface area contributed by atoms with E-state index < -0.39 is 0 Å². The molecule has 1 rings (SSSR count). The lowest BCUT2D eigenvalue weighted by Crippen LogP contribution is -2.42. The molecule has 132 valence electrons. The highest BCUT2D eigenvalue weighted by molar-refractivity contribution is 5.94. The highest BCUT2D eigenvalue weighted by Gasteiger charge is 2.06. The molecule has 0 fully saturated rings. The molecule has 0 heterocycles. The number of carbonyl (C=O) groups excluding carboxylic acids is 2. The zero-order valence-electron chi connectivity index (χ0n) is 14.8. The van der Waals surface area contributed by atoms with Crippen LogP contribution in [-0.4, -0.2) is 56.4 Å². The zero-order valence-corrected chi connectivity index (χ0v) is 14.8. The van der Waals surface area contributed by atoms with E-state index >= 15 is 0 Å². The Hall–Kier alpha value is -2.57. The second-order valence-corrected chi connectivity index (χ2v) is 5.39. The molecule has 24 heavy (non-hydrogen) atoms. The van der Waals surface area contributed by atoms with Gasteiger partial charge in [0, 0.05) is 32.7 Å². The summed E-state index contributed by atoms with van der Waals surface area (Å²) in [5, 5.41) is 8.86. The lowest BCUT2D eigenvalue weighted by molar-refractivity contribution is -0.127. The molecule has 2 amide bonds. The smallest absolute Gasteiger partial charge is 0.251 e. The van der Waals surface area contributed by atoms with Crippen molar-refractivity contribution in [2.75, 3.05) is 33.7 Å². The van der Waals surface area contributed by atoms with Gasteiger partial charge in [0.1, 0.15) is 0 Å². The van der Waals surface area contributed by atoms with Crippen LogP contribution < -0.4 is 16.0 Å². The molecule has 3 N–H and O–H groups in total. The molecular formula is C17H27N5O2. The number of hydrogen-bond donors (Lipinski definition) is 3. The third-order valence-corrected chi connectivity index (χ3v) is 3.22. The average molecular weight is 333 g/mol. The maximum Gasteiger partial charge on any atom is 0.251 e. The molecule has 0 spiro atoms. The van der Waals surface area contributed by atoms with Gasteiger partial charge in [-0.2, -0.15) is 0 Å². The normalized spacial score (nSPS) is 10.9. The molecule has 0 aliphatic carbocycles. The van der Waals surface area contributed by atoms with Gasteiger partial charge < -0.3 is 20.9 Å². The third kappa shape index (κ3) is 6.68. The van der Waals surface area contributed by atoms with Crippen LogP contribution in [0.3, 0.4) is 0 Å². The molecule has 0 saturated carbocycles. The van der Waals surface area contributed by atoms with Gasteiger partial charge in [-0.05, 0) is 31.5 Å². The van der Waals surface area contributed by atoms with Crippen molar-refractivity contribution in [3.63, 3.8) is 0 Å². The summed E-state index contributed by atoms with van der Waals surface area (Å²) in [5.41, 5.74) is 1.62. The number of guanidine groups is 1. The minimum atomic E-state index is -0.0789. The summed E-state index contributed by atoms with van der Waals surface area (Å²) in [4.78, 5) is 29.3. The summed E-state index contributed by atoms with van der Waals surface area (Å²) >= 11 is 0. The van der Waals surface area contributed by atoms with Gasteiger partial charge in [0.2, 0.25) is 5.91 Å². The molecule has 7 heteroatoms. The van der Waals surface area contributed by atoms with Gasteiger partial charge >= 0.3 is 0 Å². The lowest BCUT2D eigenvalue weighted by atomic mass is 10.1. The van der Waals surface area contributed by atoms with Crippen LogP contribution in [0.1, 0.15) is 29.8 Å². The predicted octanol–water partition coefficient (Wildman–Crippen LogP) is 0.580. The van der Waals surface area contributed by atoms with Crippen molar-refractivity contribution in [1.82, 2.24) is 20.9 Å². The number of nitrogens with one attached hydrogen (secondary N) is 3. The van der Waals surface area contributed by atoms with Gasteiger partial charge in [0.05, 0.1) is 13.1 Å². The van der Waals surface area contributed by atoms with Crippen LogP contribution in [0.4, 0.5) is 0 Å². The van der Waals surface area contributed by atoms with E-state index in [-0.39, 0.29) is 18.4 Å². The Kier molecular flexibility index (Phi) is 8.32. The number of likely N-dealkylation sites (N-methyl/N-ethyl adjacent to an activating group) is 1. The van der Waals surface area contributed by atoms with Gasteiger partial charge in [0.15, 0.2) is 5.96 Å². The van der Waals surface area contributed by atoms with Crippen LogP contribution in [0.25, 0.3) is 0 Å². The number of hydrogen-bond acceptors (Lipinski definition) is 3. The fourth-order valence-corrected chi connectivity index (χ4v) is 1.85. The van der Waals surface area contributed by atoms with Crippen molar-refractivity contribution in [1.29, 1.82) is 0 Å². The van der Waals surface area contributed by atoms with Crippen LogP contribution in [0.5, 0.6) is 0 Å². The number of rotatable bonds is 7. The SMILES string of the molecule is CCNC(=O)c1ccc(CN=C(NCC)NCC(=O)N(C)C)cc1. The molecular weight excluding hydrogens is 306 g/mol. The van der Waals surface area contributed by atoms with E-state index in [1.165, 1.54) is 4.90 Å². The standard InChI is InChI=1S/C17H27N5O2/c1-5-18-16(24)14-9-7-13(8-10-14)11-20-17(19-6-2)21-12-15(23)22(3)4/h7-10H,5-6,11-12H2,1-4H3,(H,18,24)(H2,19,20,21). The van der Waals surface area contributed by atoms with Crippen LogP contribution in [-0.2, 0) is 11.3 Å².